The van der Waals surface area contributed by atoms with Crippen LogP contribution in [0.2, 0.25) is 0 Å². The van der Waals surface area contributed by atoms with Crippen molar-refractivity contribution in [1.29, 1.82) is 0 Å². The smallest absolute Gasteiger partial charge is 0.256 e. The van der Waals surface area contributed by atoms with Crippen LogP contribution in [0.25, 0.3) is 22.6 Å². The van der Waals surface area contributed by atoms with Gasteiger partial charge in [0.05, 0.1) is 0 Å². The predicted octanol–water partition coefficient (Wildman–Crippen LogP) is 5.32. The quantitative estimate of drug-likeness (QED) is 0.488. The van der Waals surface area contributed by atoms with Crippen molar-refractivity contribution in [3.63, 3.8) is 0 Å². The molecule has 0 unspecified atom stereocenters. The Morgan fingerprint density at radius 3 is 2.54 bits per heavy atom. The summed E-state index contributed by atoms with van der Waals surface area (Å²) in [6.45, 7) is 0.632. The van der Waals surface area contributed by atoms with E-state index in [0.717, 1.165) is 33.3 Å². The van der Waals surface area contributed by atoms with Crippen molar-refractivity contribution >= 4 is 34.1 Å². The molecule has 2 heterocycles. The molecule has 1 aliphatic rings. The molecule has 4 heteroatoms. The van der Waals surface area contributed by atoms with Crippen molar-refractivity contribution < 1.29 is 9.18 Å². The van der Waals surface area contributed by atoms with E-state index in [2.05, 4.69) is 28.2 Å². The van der Waals surface area contributed by atoms with Gasteiger partial charge in [-0.15, -0.1) is 0 Å². The van der Waals surface area contributed by atoms with Crippen LogP contribution >= 0.6 is 0 Å². The first-order valence-electron chi connectivity index (χ1n) is 9.14. The average Bonchev–Trinajstić information content (AvgIpc) is 3.22. The minimum absolute atomic E-state index is 0.0865. The molecule has 0 saturated heterocycles. The van der Waals surface area contributed by atoms with E-state index in [1.807, 2.05) is 42.5 Å². The Labute approximate surface area is 161 Å². The monoisotopic (exact) mass is 368 g/mol. The van der Waals surface area contributed by atoms with Gasteiger partial charge in [-0.05, 0) is 35.9 Å². The number of hydrogen-bond donors (Lipinski definition) is 1. The molecular weight excluding hydrogens is 351 g/mol. The summed E-state index contributed by atoms with van der Waals surface area (Å²) in [6, 6.07) is 22.4. The summed E-state index contributed by atoms with van der Waals surface area (Å²) < 4.78 is 15.3. The minimum Gasteiger partial charge on any atom is -0.342 e. The molecule has 1 amide bonds. The van der Waals surface area contributed by atoms with Gasteiger partial charge < -0.3 is 9.88 Å². The number of para-hydroxylation sites is 2. The predicted molar refractivity (Wildman–Crippen MR) is 110 cm³/mol. The van der Waals surface area contributed by atoms with Crippen LogP contribution < -0.4 is 5.32 Å². The number of halogens is 1. The average molecular weight is 368 g/mol. The molecule has 0 atom stereocenters. The first-order valence-corrected chi connectivity index (χ1v) is 9.14. The van der Waals surface area contributed by atoms with Crippen LogP contribution in [-0.2, 0) is 11.3 Å². The van der Waals surface area contributed by atoms with E-state index in [4.69, 9.17) is 0 Å². The van der Waals surface area contributed by atoms with Gasteiger partial charge in [0.25, 0.3) is 5.91 Å². The Kier molecular flexibility index (Phi) is 3.83. The van der Waals surface area contributed by atoms with E-state index in [9.17, 15) is 9.18 Å². The lowest BCUT2D eigenvalue weighted by Crippen LogP contribution is -2.03. The van der Waals surface area contributed by atoms with Gasteiger partial charge in [0.2, 0.25) is 0 Å². The van der Waals surface area contributed by atoms with Crippen molar-refractivity contribution in [2.45, 2.75) is 6.54 Å². The number of aromatic nitrogens is 1. The summed E-state index contributed by atoms with van der Waals surface area (Å²) in [5, 5.41) is 4.00. The molecule has 3 aromatic carbocycles. The zero-order valence-corrected chi connectivity index (χ0v) is 15.0. The lowest BCUT2D eigenvalue weighted by Gasteiger charge is -2.05. The SMILES string of the molecule is O=C1Nc2ccccc2/C1=C\c1cn(Cc2ccc(F)cc2)c2ccccc12. The van der Waals surface area contributed by atoms with Gasteiger partial charge in [0, 0.05) is 46.0 Å². The molecule has 0 bridgehead atoms. The molecule has 3 nitrogen and oxygen atoms in total. The van der Waals surface area contributed by atoms with Gasteiger partial charge in [-0.25, -0.2) is 4.39 Å². The summed E-state index contributed by atoms with van der Waals surface area (Å²) in [4.78, 5) is 12.5. The van der Waals surface area contributed by atoms with Crippen LogP contribution in [0.3, 0.4) is 0 Å². The zero-order chi connectivity index (χ0) is 19.1. The van der Waals surface area contributed by atoms with E-state index in [-0.39, 0.29) is 11.7 Å². The van der Waals surface area contributed by atoms with Crippen LogP contribution in [0.15, 0.2) is 79.0 Å². The van der Waals surface area contributed by atoms with Gasteiger partial charge in [0.1, 0.15) is 5.82 Å². The summed E-state index contributed by atoms with van der Waals surface area (Å²) in [7, 11) is 0. The van der Waals surface area contributed by atoms with E-state index < -0.39 is 0 Å². The van der Waals surface area contributed by atoms with Crippen LogP contribution in [0, 0.1) is 5.82 Å². The standard InChI is InChI=1S/C24H17FN2O/c25-18-11-9-16(10-12-18)14-27-15-17(19-5-2-4-8-23(19)27)13-21-20-6-1-3-7-22(20)26-24(21)28/h1-13,15H,14H2,(H,26,28)/b21-13+. The van der Waals surface area contributed by atoms with Gasteiger partial charge in [-0.3, -0.25) is 4.79 Å². The Bertz CT molecular complexity index is 1240. The fraction of sp³-hybridized carbons (Fsp3) is 0.0417. The lowest BCUT2D eigenvalue weighted by molar-refractivity contribution is -0.110. The highest BCUT2D eigenvalue weighted by molar-refractivity contribution is 6.35. The number of amides is 1. The molecule has 1 aromatic heterocycles. The molecule has 28 heavy (non-hydrogen) atoms. The number of anilines is 1. The maximum absolute atomic E-state index is 13.2. The maximum atomic E-state index is 13.2. The number of carbonyl (C=O) groups is 1. The van der Waals surface area contributed by atoms with Crippen LogP contribution in [0.1, 0.15) is 16.7 Å². The molecule has 136 valence electrons. The number of nitrogens with zero attached hydrogens (tertiary/aromatic N) is 1. The lowest BCUT2D eigenvalue weighted by atomic mass is 10.0. The normalized spacial score (nSPS) is 14.5. The number of rotatable bonds is 3. The molecular formula is C24H17FN2O. The molecule has 0 spiro atoms. The first kappa shape index (κ1) is 16.5. The third kappa shape index (κ3) is 2.79. The number of hydrogen-bond acceptors (Lipinski definition) is 1. The van der Waals surface area contributed by atoms with E-state index in [1.165, 1.54) is 12.1 Å². The van der Waals surface area contributed by atoms with Crippen molar-refractivity contribution in [3.8, 4) is 0 Å². The Balaban J connectivity index is 1.61. The highest BCUT2D eigenvalue weighted by Crippen LogP contribution is 2.34. The Morgan fingerprint density at radius 2 is 1.68 bits per heavy atom. The van der Waals surface area contributed by atoms with E-state index >= 15 is 0 Å². The second kappa shape index (κ2) is 6.50. The third-order valence-electron chi connectivity index (χ3n) is 5.10. The van der Waals surface area contributed by atoms with Gasteiger partial charge >= 0.3 is 0 Å². The number of fused-ring (bicyclic) bond motifs is 2. The molecule has 0 saturated carbocycles. The fourth-order valence-corrected chi connectivity index (χ4v) is 3.75. The molecule has 1 N–H and O–H groups in total. The topological polar surface area (TPSA) is 34.0 Å². The second-order valence-corrected chi connectivity index (χ2v) is 6.91. The largest absolute Gasteiger partial charge is 0.342 e. The van der Waals surface area contributed by atoms with E-state index in [0.29, 0.717) is 12.1 Å². The second-order valence-electron chi connectivity index (χ2n) is 6.91. The van der Waals surface area contributed by atoms with E-state index in [1.54, 1.807) is 12.1 Å². The van der Waals surface area contributed by atoms with Crippen molar-refractivity contribution in [2.24, 2.45) is 0 Å². The first-order chi connectivity index (χ1) is 13.7. The maximum Gasteiger partial charge on any atom is 0.256 e. The number of benzene rings is 3. The molecule has 1 aliphatic heterocycles. The molecule has 0 aliphatic carbocycles. The minimum atomic E-state index is -0.238. The summed E-state index contributed by atoms with van der Waals surface area (Å²) >= 11 is 0. The molecule has 0 radical (unpaired) electrons. The highest BCUT2D eigenvalue weighted by atomic mass is 19.1. The summed E-state index contributed by atoms with van der Waals surface area (Å²) in [5.74, 6) is -0.325. The van der Waals surface area contributed by atoms with Gasteiger partial charge in [-0.1, -0.05) is 48.5 Å². The van der Waals surface area contributed by atoms with Crippen LogP contribution in [0.5, 0.6) is 0 Å². The number of nitrogens with one attached hydrogen (secondary N) is 1. The molecule has 0 fully saturated rings. The zero-order valence-electron chi connectivity index (χ0n) is 15.0. The number of carbonyl (C=O) groups excluding carboxylic acids is 1. The summed E-state index contributed by atoms with van der Waals surface area (Å²) in [5.41, 5.74) is 5.51. The molecule has 4 aromatic rings. The van der Waals surface area contributed by atoms with Crippen molar-refractivity contribution in [1.82, 2.24) is 4.57 Å². The van der Waals surface area contributed by atoms with Crippen LogP contribution in [0.4, 0.5) is 10.1 Å². The van der Waals surface area contributed by atoms with Crippen molar-refractivity contribution in [3.05, 3.63) is 102 Å². The fourth-order valence-electron chi connectivity index (χ4n) is 3.75. The highest BCUT2D eigenvalue weighted by Gasteiger charge is 2.23. The van der Waals surface area contributed by atoms with Gasteiger partial charge in [0.15, 0.2) is 0 Å². The summed E-state index contributed by atoms with van der Waals surface area (Å²) in [6.07, 6.45) is 4.00. The Hall–Kier alpha value is -3.66. The van der Waals surface area contributed by atoms with Gasteiger partial charge in [-0.2, -0.15) is 0 Å². The Morgan fingerprint density at radius 1 is 0.929 bits per heavy atom. The molecule has 5 rings (SSSR count). The van der Waals surface area contributed by atoms with Crippen LogP contribution in [-0.4, -0.2) is 10.5 Å². The third-order valence-corrected chi connectivity index (χ3v) is 5.10. The van der Waals surface area contributed by atoms with Crippen molar-refractivity contribution in [2.75, 3.05) is 5.32 Å².